The third kappa shape index (κ3) is 4.06. The Morgan fingerprint density at radius 1 is 1.00 bits per heavy atom. The molecule has 0 spiro atoms. The number of hydrogen-bond acceptors (Lipinski definition) is 3. The Labute approximate surface area is 161 Å². The van der Waals surface area contributed by atoms with E-state index in [0.29, 0.717) is 11.4 Å². The van der Waals surface area contributed by atoms with Gasteiger partial charge in [-0.2, -0.15) is 5.10 Å². The fourth-order valence-corrected chi connectivity index (χ4v) is 4.35. The number of aromatic nitrogens is 2. The van der Waals surface area contributed by atoms with Crippen LogP contribution in [0.1, 0.15) is 39.0 Å². The van der Waals surface area contributed by atoms with E-state index < -0.39 is 15.4 Å². The summed E-state index contributed by atoms with van der Waals surface area (Å²) < 4.78 is 30.8. The Balaban J connectivity index is 2.10. The van der Waals surface area contributed by atoms with Crippen LogP contribution in [0, 0.1) is 0 Å². The smallest absolute Gasteiger partial charge is 0.265 e. The molecule has 0 aliphatic heterocycles. The monoisotopic (exact) mass is 383 g/mol. The maximum atomic E-state index is 13.2. The molecule has 0 saturated heterocycles. The lowest BCUT2D eigenvalue weighted by Gasteiger charge is -2.18. The molecule has 0 bridgehead atoms. The second kappa shape index (κ2) is 7.19. The van der Waals surface area contributed by atoms with Gasteiger partial charge in [-0.1, -0.05) is 64.1 Å². The molecule has 6 heteroatoms. The van der Waals surface area contributed by atoms with E-state index in [1.165, 1.54) is 0 Å². The second-order valence-corrected chi connectivity index (χ2v) is 9.14. The minimum Gasteiger partial charge on any atom is -0.279 e. The van der Waals surface area contributed by atoms with Gasteiger partial charge in [0.2, 0.25) is 0 Å². The highest BCUT2D eigenvalue weighted by Gasteiger charge is 2.30. The van der Waals surface area contributed by atoms with Gasteiger partial charge >= 0.3 is 0 Å². The van der Waals surface area contributed by atoms with Crippen molar-refractivity contribution < 1.29 is 8.42 Å². The summed E-state index contributed by atoms with van der Waals surface area (Å²) in [6.45, 7) is 7.89. The van der Waals surface area contributed by atoms with Crippen LogP contribution in [-0.4, -0.2) is 18.2 Å². The average molecular weight is 384 g/mol. The van der Waals surface area contributed by atoms with E-state index in [1.54, 1.807) is 16.9 Å². The lowest BCUT2D eigenvalue weighted by Crippen LogP contribution is -2.20. The Hall–Kier alpha value is -2.60. The summed E-state index contributed by atoms with van der Waals surface area (Å²) in [4.78, 5) is 0.199. The largest absolute Gasteiger partial charge is 0.279 e. The van der Waals surface area contributed by atoms with E-state index in [-0.39, 0.29) is 4.90 Å². The van der Waals surface area contributed by atoms with Gasteiger partial charge in [0.25, 0.3) is 10.0 Å². The van der Waals surface area contributed by atoms with E-state index in [9.17, 15) is 8.42 Å². The maximum Gasteiger partial charge on any atom is 0.265 e. The van der Waals surface area contributed by atoms with Crippen LogP contribution in [0.3, 0.4) is 0 Å². The molecule has 0 radical (unpaired) electrons. The highest BCUT2D eigenvalue weighted by atomic mass is 32.2. The van der Waals surface area contributed by atoms with Crippen molar-refractivity contribution in [1.82, 2.24) is 9.78 Å². The van der Waals surface area contributed by atoms with E-state index in [2.05, 4.69) is 9.82 Å². The van der Waals surface area contributed by atoms with Crippen LogP contribution in [0.4, 0.5) is 5.69 Å². The van der Waals surface area contributed by atoms with Gasteiger partial charge in [-0.25, -0.2) is 13.1 Å². The first kappa shape index (κ1) is 19.2. The molecule has 1 N–H and O–H groups in total. The zero-order chi connectivity index (χ0) is 19.7. The minimum absolute atomic E-state index is 0.199. The van der Waals surface area contributed by atoms with Gasteiger partial charge in [0, 0.05) is 5.41 Å². The summed E-state index contributed by atoms with van der Waals surface area (Å²) >= 11 is 0. The SMILES string of the molecule is CCc1ccccc1NS(=O)(=O)c1cn(-c2ccccc2)nc1C(C)(C)C. The maximum absolute atomic E-state index is 13.2. The van der Waals surface area contributed by atoms with Crippen LogP contribution in [0.2, 0.25) is 0 Å². The summed E-state index contributed by atoms with van der Waals surface area (Å²) in [6, 6.07) is 17.0. The molecular formula is C21H25N3O2S. The highest BCUT2D eigenvalue weighted by molar-refractivity contribution is 7.92. The minimum atomic E-state index is -3.78. The number of nitrogens with zero attached hydrogens (tertiary/aromatic N) is 2. The summed E-state index contributed by atoms with van der Waals surface area (Å²) in [5.74, 6) is 0. The first-order valence-corrected chi connectivity index (χ1v) is 10.5. The van der Waals surface area contributed by atoms with Crippen LogP contribution in [0.15, 0.2) is 65.7 Å². The van der Waals surface area contributed by atoms with Crippen molar-refractivity contribution in [2.45, 2.75) is 44.4 Å². The van der Waals surface area contributed by atoms with Gasteiger partial charge in [-0.3, -0.25) is 4.72 Å². The molecule has 1 heterocycles. The Morgan fingerprint density at radius 2 is 1.63 bits per heavy atom. The van der Waals surface area contributed by atoms with E-state index in [4.69, 9.17) is 0 Å². The van der Waals surface area contributed by atoms with Crippen molar-refractivity contribution >= 4 is 15.7 Å². The topological polar surface area (TPSA) is 64.0 Å². The van der Waals surface area contributed by atoms with Gasteiger partial charge in [0.05, 0.1) is 23.3 Å². The molecule has 1 aromatic heterocycles. The number of benzene rings is 2. The fraction of sp³-hybridized carbons (Fsp3) is 0.286. The Bertz CT molecular complexity index is 1030. The van der Waals surface area contributed by atoms with E-state index in [0.717, 1.165) is 17.7 Å². The molecule has 142 valence electrons. The number of nitrogens with one attached hydrogen (secondary N) is 1. The molecule has 0 aliphatic rings. The summed E-state index contributed by atoms with van der Waals surface area (Å²) in [5.41, 5.74) is 2.49. The van der Waals surface area contributed by atoms with Gasteiger partial charge in [0.15, 0.2) is 0 Å². The molecule has 5 nitrogen and oxygen atoms in total. The predicted octanol–water partition coefficient (Wildman–Crippen LogP) is 4.53. The van der Waals surface area contributed by atoms with Crippen molar-refractivity contribution in [2.24, 2.45) is 0 Å². The van der Waals surface area contributed by atoms with Gasteiger partial charge in [0.1, 0.15) is 4.90 Å². The number of aryl methyl sites for hydroxylation is 1. The van der Waals surface area contributed by atoms with Gasteiger partial charge in [-0.15, -0.1) is 0 Å². The van der Waals surface area contributed by atoms with Crippen LogP contribution >= 0.6 is 0 Å². The van der Waals surface area contributed by atoms with Crippen molar-refractivity contribution in [2.75, 3.05) is 4.72 Å². The third-order valence-corrected chi connectivity index (χ3v) is 5.71. The summed E-state index contributed by atoms with van der Waals surface area (Å²) in [5, 5.41) is 4.60. The number of anilines is 1. The Kier molecular flexibility index (Phi) is 5.11. The average Bonchev–Trinajstić information content (AvgIpc) is 3.09. The molecule has 0 saturated carbocycles. The molecule has 27 heavy (non-hydrogen) atoms. The normalized spacial score (nSPS) is 12.1. The van der Waals surface area contributed by atoms with Crippen molar-refractivity contribution in [1.29, 1.82) is 0 Å². The zero-order valence-electron chi connectivity index (χ0n) is 16.1. The van der Waals surface area contributed by atoms with E-state index >= 15 is 0 Å². The lowest BCUT2D eigenvalue weighted by molar-refractivity contribution is 0.543. The lowest BCUT2D eigenvalue weighted by atomic mass is 9.92. The fourth-order valence-electron chi connectivity index (χ4n) is 2.92. The molecule has 3 rings (SSSR count). The van der Waals surface area contributed by atoms with Crippen molar-refractivity contribution in [3.63, 3.8) is 0 Å². The van der Waals surface area contributed by atoms with Crippen molar-refractivity contribution in [3.05, 3.63) is 72.1 Å². The molecular weight excluding hydrogens is 358 g/mol. The van der Waals surface area contributed by atoms with Gasteiger partial charge in [-0.05, 0) is 30.2 Å². The summed E-state index contributed by atoms with van der Waals surface area (Å²) in [6.07, 6.45) is 2.33. The molecule has 2 aromatic carbocycles. The van der Waals surface area contributed by atoms with Crippen LogP contribution in [0.25, 0.3) is 5.69 Å². The molecule has 0 amide bonds. The third-order valence-electron chi connectivity index (χ3n) is 4.34. The Morgan fingerprint density at radius 3 is 2.26 bits per heavy atom. The summed E-state index contributed by atoms with van der Waals surface area (Å²) in [7, 11) is -3.78. The highest BCUT2D eigenvalue weighted by Crippen LogP contribution is 2.30. The standard InChI is InChI=1S/C21H25N3O2S/c1-5-16-11-9-10-14-18(16)23-27(25,26)19-15-24(17-12-7-6-8-13-17)22-20(19)21(2,3)4/h6-15,23H,5H2,1-4H3. The number of hydrogen-bond donors (Lipinski definition) is 1. The van der Waals surface area contributed by atoms with Crippen LogP contribution < -0.4 is 4.72 Å². The second-order valence-electron chi connectivity index (χ2n) is 7.49. The molecule has 0 aliphatic carbocycles. The first-order chi connectivity index (χ1) is 12.7. The number of rotatable bonds is 5. The molecule has 0 unspecified atom stereocenters. The molecule has 3 aromatic rings. The van der Waals surface area contributed by atoms with Crippen LogP contribution in [0.5, 0.6) is 0 Å². The number of para-hydroxylation sites is 2. The molecule has 0 atom stereocenters. The number of sulfonamides is 1. The quantitative estimate of drug-likeness (QED) is 0.704. The van der Waals surface area contributed by atoms with Crippen molar-refractivity contribution in [3.8, 4) is 5.69 Å². The molecule has 0 fully saturated rings. The van der Waals surface area contributed by atoms with Gasteiger partial charge < -0.3 is 0 Å². The van der Waals surface area contributed by atoms with E-state index in [1.807, 2.05) is 76.2 Å². The van der Waals surface area contributed by atoms with Crippen LogP contribution in [-0.2, 0) is 21.9 Å². The zero-order valence-corrected chi connectivity index (χ0v) is 16.9. The first-order valence-electron chi connectivity index (χ1n) is 8.98. The predicted molar refractivity (Wildman–Crippen MR) is 109 cm³/mol.